The number of nitrogen functional groups attached to an aromatic ring is 1. The van der Waals surface area contributed by atoms with Crippen molar-refractivity contribution in [2.75, 3.05) is 5.73 Å². The Morgan fingerprint density at radius 3 is 2.76 bits per heavy atom. The Morgan fingerprint density at radius 1 is 1.41 bits per heavy atom. The number of halogens is 1. The Labute approximate surface area is 108 Å². The van der Waals surface area contributed by atoms with Crippen molar-refractivity contribution < 1.29 is 4.52 Å². The summed E-state index contributed by atoms with van der Waals surface area (Å²) in [5, 5.41) is 4.12. The normalized spacial score (nSPS) is 22.7. The van der Waals surface area contributed by atoms with Crippen molar-refractivity contribution in [1.82, 2.24) is 5.16 Å². The molecular weight excluding hydrogens is 280 g/mol. The van der Waals surface area contributed by atoms with Gasteiger partial charge in [-0.05, 0) is 18.4 Å². The lowest BCUT2D eigenvalue weighted by Crippen LogP contribution is -1.90. The van der Waals surface area contributed by atoms with Gasteiger partial charge in [-0.2, -0.15) is 0 Å². The molecule has 2 aromatic rings. The SMILES string of the molecule is CC1CC1c1noc(N)c1-c1ccccc1Br. The molecule has 17 heavy (non-hydrogen) atoms. The third-order valence-electron chi connectivity index (χ3n) is 3.35. The quantitative estimate of drug-likeness (QED) is 0.916. The molecule has 3 nitrogen and oxygen atoms in total. The first kappa shape index (κ1) is 10.8. The summed E-state index contributed by atoms with van der Waals surface area (Å²) in [6.07, 6.45) is 1.17. The molecule has 0 saturated heterocycles. The molecule has 0 bridgehead atoms. The fraction of sp³-hybridized carbons (Fsp3) is 0.308. The molecule has 0 aliphatic heterocycles. The van der Waals surface area contributed by atoms with Crippen LogP contribution in [-0.2, 0) is 0 Å². The summed E-state index contributed by atoms with van der Waals surface area (Å²) in [7, 11) is 0. The van der Waals surface area contributed by atoms with Gasteiger partial charge in [-0.15, -0.1) is 0 Å². The van der Waals surface area contributed by atoms with Crippen LogP contribution in [-0.4, -0.2) is 5.16 Å². The first-order valence-corrected chi connectivity index (χ1v) is 6.47. The Balaban J connectivity index is 2.14. The molecule has 1 heterocycles. The van der Waals surface area contributed by atoms with Gasteiger partial charge >= 0.3 is 0 Å². The minimum atomic E-state index is 0.408. The number of hydrogen-bond donors (Lipinski definition) is 1. The minimum Gasteiger partial charge on any atom is -0.367 e. The van der Waals surface area contributed by atoms with Gasteiger partial charge in [0.15, 0.2) is 0 Å². The van der Waals surface area contributed by atoms with Crippen LogP contribution in [0.15, 0.2) is 33.3 Å². The predicted molar refractivity (Wildman–Crippen MR) is 70.6 cm³/mol. The molecule has 2 unspecified atom stereocenters. The van der Waals surface area contributed by atoms with Crippen molar-refractivity contribution in [3.05, 3.63) is 34.4 Å². The first-order chi connectivity index (χ1) is 8.18. The van der Waals surface area contributed by atoms with E-state index in [1.54, 1.807) is 0 Å². The second-order valence-corrected chi connectivity index (χ2v) is 5.46. The first-order valence-electron chi connectivity index (χ1n) is 5.68. The van der Waals surface area contributed by atoms with E-state index in [0.717, 1.165) is 21.3 Å². The monoisotopic (exact) mass is 292 g/mol. The summed E-state index contributed by atoms with van der Waals surface area (Å²) >= 11 is 3.55. The fourth-order valence-corrected chi connectivity index (χ4v) is 2.69. The maximum Gasteiger partial charge on any atom is 0.230 e. The summed E-state index contributed by atoms with van der Waals surface area (Å²) in [5.74, 6) is 1.59. The van der Waals surface area contributed by atoms with Crippen molar-refractivity contribution in [3.8, 4) is 11.1 Å². The molecule has 1 aromatic carbocycles. The number of rotatable bonds is 2. The van der Waals surface area contributed by atoms with Gasteiger partial charge in [0.25, 0.3) is 0 Å². The minimum absolute atomic E-state index is 0.408. The van der Waals surface area contributed by atoms with Crippen LogP contribution >= 0.6 is 15.9 Å². The number of hydrogen-bond acceptors (Lipinski definition) is 3. The molecule has 88 valence electrons. The highest BCUT2D eigenvalue weighted by Crippen LogP contribution is 2.51. The average molecular weight is 293 g/mol. The van der Waals surface area contributed by atoms with Crippen LogP contribution in [0.4, 0.5) is 5.88 Å². The molecule has 1 aromatic heterocycles. The van der Waals surface area contributed by atoms with E-state index in [1.165, 1.54) is 6.42 Å². The highest BCUT2D eigenvalue weighted by Gasteiger charge is 2.39. The van der Waals surface area contributed by atoms with Gasteiger partial charge in [-0.3, -0.25) is 0 Å². The third-order valence-corrected chi connectivity index (χ3v) is 4.04. The molecule has 3 rings (SSSR count). The number of aromatic nitrogens is 1. The summed E-state index contributed by atoms with van der Waals surface area (Å²) in [4.78, 5) is 0. The van der Waals surface area contributed by atoms with Crippen molar-refractivity contribution in [1.29, 1.82) is 0 Å². The second kappa shape index (κ2) is 3.88. The number of nitrogens with two attached hydrogens (primary N) is 1. The van der Waals surface area contributed by atoms with Crippen LogP contribution in [0.2, 0.25) is 0 Å². The summed E-state index contributed by atoms with van der Waals surface area (Å²) in [5.41, 5.74) is 8.91. The van der Waals surface area contributed by atoms with E-state index in [1.807, 2.05) is 24.3 Å². The maximum absolute atomic E-state index is 5.90. The van der Waals surface area contributed by atoms with E-state index < -0.39 is 0 Å². The summed E-state index contributed by atoms with van der Waals surface area (Å²) in [6, 6.07) is 8.01. The van der Waals surface area contributed by atoms with Crippen LogP contribution in [0.1, 0.15) is 25.0 Å². The predicted octanol–water partition coefficient (Wildman–Crippen LogP) is 3.81. The van der Waals surface area contributed by atoms with Gasteiger partial charge < -0.3 is 10.3 Å². The molecule has 4 heteroatoms. The highest BCUT2D eigenvalue weighted by molar-refractivity contribution is 9.10. The van der Waals surface area contributed by atoms with Gasteiger partial charge in [0.1, 0.15) is 0 Å². The largest absolute Gasteiger partial charge is 0.367 e. The Kier molecular flexibility index (Phi) is 2.47. The van der Waals surface area contributed by atoms with Crippen LogP contribution in [0, 0.1) is 5.92 Å². The Hall–Kier alpha value is -1.29. The lowest BCUT2D eigenvalue weighted by Gasteiger charge is -2.04. The molecule has 2 atom stereocenters. The van der Waals surface area contributed by atoms with Gasteiger partial charge in [0, 0.05) is 16.0 Å². The summed E-state index contributed by atoms with van der Waals surface area (Å²) in [6.45, 7) is 2.22. The molecular formula is C13H13BrN2O. The van der Waals surface area contributed by atoms with Crippen LogP contribution in [0.25, 0.3) is 11.1 Å². The number of nitrogens with zero attached hydrogens (tertiary/aromatic N) is 1. The van der Waals surface area contributed by atoms with Gasteiger partial charge in [0.05, 0.1) is 11.3 Å². The second-order valence-electron chi connectivity index (χ2n) is 4.61. The molecule has 1 aliphatic rings. The van der Waals surface area contributed by atoms with Crippen molar-refractivity contribution in [2.24, 2.45) is 5.92 Å². The number of benzene rings is 1. The topological polar surface area (TPSA) is 52.0 Å². The standard InChI is InChI=1S/C13H13BrN2O/c1-7-6-9(7)12-11(13(15)17-16-12)8-4-2-3-5-10(8)14/h2-5,7,9H,6,15H2,1H3. The smallest absolute Gasteiger partial charge is 0.230 e. The number of anilines is 1. The zero-order chi connectivity index (χ0) is 12.0. The van der Waals surface area contributed by atoms with E-state index in [-0.39, 0.29) is 0 Å². The molecule has 1 aliphatic carbocycles. The van der Waals surface area contributed by atoms with Crippen LogP contribution < -0.4 is 5.73 Å². The lowest BCUT2D eigenvalue weighted by atomic mass is 10.0. The highest BCUT2D eigenvalue weighted by atomic mass is 79.9. The van der Waals surface area contributed by atoms with Crippen molar-refractivity contribution >= 4 is 21.8 Å². The molecule has 1 saturated carbocycles. The van der Waals surface area contributed by atoms with E-state index in [4.69, 9.17) is 10.3 Å². The van der Waals surface area contributed by atoms with Gasteiger partial charge in [-0.25, -0.2) is 0 Å². The van der Waals surface area contributed by atoms with Crippen LogP contribution in [0.3, 0.4) is 0 Å². The van der Waals surface area contributed by atoms with Crippen LogP contribution in [0.5, 0.6) is 0 Å². The Bertz CT molecular complexity index is 564. The molecule has 0 spiro atoms. The van der Waals surface area contributed by atoms with Crippen molar-refractivity contribution in [2.45, 2.75) is 19.3 Å². The zero-order valence-corrected chi connectivity index (χ0v) is 11.1. The average Bonchev–Trinajstić information content (AvgIpc) is 2.90. The van der Waals surface area contributed by atoms with E-state index >= 15 is 0 Å². The van der Waals surface area contributed by atoms with Gasteiger partial charge in [-0.1, -0.05) is 46.2 Å². The molecule has 1 fully saturated rings. The maximum atomic E-state index is 5.90. The lowest BCUT2D eigenvalue weighted by molar-refractivity contribution is 0.427. The Morgan fingerprint density at radius 2 is 2.12 bits per heavy atom. The van der Waals surface area contributed by atoms with E-state index in [2.05, 4.69) is 28.0 Å². The van der Waals surface area contributed by atoms with Gasteiger partial charge in [0.2, 0.25) is 5.88 Å². The van der Waals surface area contributed by atoms with E-state index in [9.17, 15) is 0 Å². The molecule has 2 N–H and O–H groups in total. The fourth-order valence-electron chi connectivity index (χ4n) is 2.21. The summed E-state index contributed by atoms with van der Waals surface area (Å²) < 4.78 is 6.18. The van der Waals surface area contributed by atoms with Crippen molar-refractivity contribution in [3.63, 3.8) is 0 Å². The zero-order valence-electron chi connectivity index (χ0n) is 9.48. The third kappa shape index (κ3) is 1.76. The van der Waals surface area contributed by atoms with E-state index in [0.29, 0.717) is 17.7 Å². The molecule has 0 amide bonds. The molecule has 0 radical (unpaired) electrons.